The van der Waals surface area contributed by atoms with Crippen molar-refractivity contribution in [3.05, 3.63) is 119 Å². The van der Waals surface area contributed by atoms with Crippen LogP contribution in [0.15, 0.2) is 110 Å². The van der Waals surface area contributed by atoms with E-state index in [4.69, 9.17) is 18.9 Å². The molecule has 0 aliphatic carbocycles. The molecule has 0 atom stereocenters. The third-order valence-electron chi connectivity index (χ3n) is 8.28. The second-order valence-corrected chi connectivity index (χ2v) is 13.9. The number of methoxy groups -OCH3 is 2. The lowest BCUT2D eigenvalue weighted by Gasteiger charge is -2.06. The lowest BCUT2D eigenvalue weighted by Crippen LogP contribution is -2.04. The minimum atomic E-state index is -1.00. The number of thiazole rings is 2. The Hall–Kier alpha value is -6.46. The number of carboxylic acid groups (broad SMARTS) is 2. The van der Waals surface area contributed by atoms with Gasteiger partial charge in [0.1, 0.15) is 47.1 Å². The van der Waals surface area contributed by atoms with Crippen LogP contribution >= 0.6 is 22.7 Å². The standard InChI is InChI=1S/2C20H17N3O4S/c1-26-9-10-27-14-7-8-16-15(11-14)21-12-23(16)20-22-17(18(28-20)19(24)25)13-5-3-2-4-6-13;1-26-9-10-27-14-7-8-15-16(11-14)23(12-21-15)20-22-17(18(28-20)19(24)25)13-5-3-2-4-6-13/h2*2-8,11-12H,9-10H2,1H3,(H,24,25). The van der Waals surface area contributed by atoms with Gasteiger partial charge in [-0.2, -0.15) is 0 Å². The van der Waals surface area contributed by atoms with Crippen LogP contribution in [0.25, 0.3) is 54.8 Å². The summed E-state index contributed by atoms with van der Waals surface area (Å²) in [6, 6.07) is 29.7. The first-order chi connectivity index (χ1) is 27.3. The van der Waals surface area contributed by atoms with Crippen molar-refractivity contribution in [1.29, 1.82) is 0 Å². The zero-order chi connectivity index (χ0) is 39.0. The number of carboxylic acids is 2. The number of ether oxygens (including phenoxy) is 4. The number of carbonyl (C=O) groups is 2. The van der Waals surface area contributed by atoms with Crippen molar-refractivity contribution in [3.63, 3.8) is 0 Å². The van der Waals surface area contributed by atoms with E-state index in [1.807, 2.05) is 97.1 Å². The van der Waals surface area contributed by atoms with Gasteiger partial charge in [0.2, 0.25) is 0 Å². The third kappa shape index (κ3) is 8.28. The van der Waals surface area contributed by atoms with Crippen LogP contribution in [0.4, 0.5) is 0 Å². The number of nitrogens with zero attached hydrogens (tertiary/aromatic N) is 6. The second kappa shape index (κ2) is 17.3. The number of benzene rings is 4. The fraction of sp³-hybridized carbons (Fsp3) is 0.150. The predicted octanol–water partition coefficient (Wildman–Crippen LogP) is 7.74. The molecule has 4 aromatic carbocycles. The molecule has 8 aromatic rings. The average molecular weight is 791 g/mol. The van der Waals surface area contributed by atoms with Crippen LogP contribution in [0.5, 0.6) is 11.5 Å². The van der Waals surface area contributed by atoms with E-state index >= 15 is 0 Å². The minimum Gasteiger partial charge on any atom is -0.491 e. The van der Waals surface area contributed by atoms with Crippen LogP contribution in [0.3, 0.4) is 0 Å². The van der Waals surface area contributed by atoms with Crippen LogP contribution in [0, 0.1) is 0 Å². The van der Waals surface area contributed by atoms with Gasteiger partial charge in [-0.3, -0.25) is 9.13 Å². The van der Waals surface area contributed by atoms with Gasteiger partial charge in [0.05, 0.1) is 46.7 Å². The molecule has 0 fully saturated rings. The smallest absolute Gasteiger partial charge is 0.348 e. The normalized spacial score (nSPS) is 11.0. The number of aromatic carboxylic acids is 2. The Morgan fingerprint density at radius 3 is 1.59 bits per heavy atom. The van der Waals surface area contributed by atoms with Gasteiger partial charge in [0, 0.05) is 37.5 Å². The summed E-state index contributed by atoms with van der Waals surface area (Å²) < 4.78 is 24.8. The van der Waals surface area contributed by atoms with Crippen molar-refractivity contribution in [1.82, 2.24) is 29.1 Å². The van der Waals surface area contributed by atoms with E-state index in [0.29, 0.717) is 59.6 Å². The molecule has 14 nitrogen and oxygen atoms in total. The molecule has 8 rings (SSSR count). The first-order valence-electron chi connectivity index (χ1n) is 17.1. The molecule has 284 valence electrons. The molecule has 0 aliphatic rings. The molecule has 0 aliphatic heterocycles. The first kappa shape index (κ1) is 37.8. The minimum absolute atomic E-state index is 0.190. The lowest BCUT2D eigenvalue weighted by atomic mass is 10.1. The number of imidazole rings is 2. The van der Waals surface area contributed by atoms with Crippen LogP contribution in [0.1, 0.15) is 19.3 Å². The summed E-state index contributed by atoms with van der Waals surface area (Å²) in [5, 5.41) is 20.3. The molecular weight excluding hydrogens is 757 g/mol. The summed E-state index contributed by atoms with van der Waals surface area (Å²) in [6.07, 6.45) is 3.28. The van der Waals surface area contributed by atoms with Gasteiger partial charge in [0.25, 0.3) is 0 Å². The highest BCUT2D eigenvalue weighted by Crippen LogP contribution is 2.34. The molecule has 56 heavy (non-hydrogen) atoms. The second-order valence-electron chi connectivity index (χ2n) is 11.9. The van der Waals surface area contributed by atoms with E-state index in [0.717, 1.165) is 55.9 Å². The molecule has 4 heterocycles. The highest BCUT2D eigenvalue weighted by Gasteiger charge is 2.22. The molecule has 16 heteroatoms. The fourth-order valence-electron chi connectivity index (χ4n) is 5.65. The monoisotopic (exact) mass is 790 g/mol. The van der Waals surface area contributed by atoms with Crippen LogP contribution in [-0.4, -0.2) is 91.9 Å². The van der Waals surface area contributed by atoms with Crippen molar-refractivity contribution in [2.45, 2.75) is 0 Å². The summed E-state index contributed by atoms with van der Waals surface area (Å²) in [5.41, 5.74) is 5.55. The van der Waals surface area contributed by atoms with E-state index in [2.05, 4.69) is 19.9 Å². The molecule has 2 N–H and O–H groups in total. The quantitative estimate of drug-likeness (QED) is 0.103. The Morgan fingerprint density at radius 2 is 1.07 bits per heavy atom. The molecular formula is C40H34N6O8S2. The Bertz CT molecular complexity index is 2600. The number of rotatable bonds is 14. The Balaban J connectivity index is 0.000000172. The maximum Gasteiger partial charge on any atom is 0.348 e. The van der Waals surface area contributed by atoms with E-state index in [1.54, 1.807) is 36.0 Å². The van der Waals surface area contributed by atoms with Crippen molar-refractivity contribution in [2.75, 3.05) is 40.6 Å². The van der Waals surface area contributed by atoms with Gasteiger partial charge in [0.15, 0.2) is 10.3 Å². The Labute approximate surface area is 327 Å². The molecule has 0 unspecified atom stereocenters. The summed E-state index contributed by atoms with van der Waals surface area (Å²) >= 11 is 2.23. The van der Waals surface area contributed by atoms with Crippen LogP contribution < -0.4 is 9.47 Å². The molecule has 0 bridgehead atoms. The van der Waals surface area contributed by atoms with Gasteiger partial charge in [-0.15, -0.1) is 0 Å². The molecule has 4 aromatic heterocycles. The molecule has 0 amide bonds. The number of fused-ring (bicyclic) bond motifs is 2. The maximum absolute atomic E-state index is 11.8. The van der Waals surface area contributed by atoms with Crippen molar-refractivity contribution in [3.8, 4) is 44.3 Å². The average Bonchev–Trinajstić information content (AvgIpc) is 4.03. The Kier molecular flexibility index (Phi) is 11.7. The summed E-state index contributed by atoms with van der Waals surface area (Å²) in [6.45, 7) is 1.89. The number of hydrogen-bond acceptors (Lipinski definition) is 12. The molecule has 0 spiro atoms. The van der Waals surface area contributed by atoms with Crippen LogP contribution in [0.2, 0.25) is 0 Å². The molecule has 0 saturated heterocycles. The fourth-order valence-corrected chi connectivity index (χ4v) is 7.47. The zero-order valence-corrected chi connectivity index (χ0v) is 31.7. The number of hydrogen-bond donors (Lipinski definition) is 2. The van der Waals surface area contributed by atoms with Crippen molar-refractivity contribution < 1.29 is 38.7 Å². The van der Waals surface area contributed by atoms with Gasteiger partial charge < -0.3 is 29.2 Å². The van der Waals surface area contributed by atoms with Gasteiger partial charge in [-0.05, 0) is 24.3 Å². The van der Waals surface area contributed by atoms with E-state index < -0.39 is 11.9 Å². The van der Waals surface area contributed by atoms with Gasteiger partial charge in [-0.25, -0.2) is 29.5 Å². The largest absolute Gasteiger partial charge is 0.491 e. The van der Waals surface area contributed by atoms with Gasteiger partial charge >= 0.3 is 11.9 Å². The maximum atomic E-state index is 11.8. The van der Waals surface area contributed by atoms with E-state index in [9.17, 15) is 19.8 Å². The third-order valence-corrected chi connectivity index (χ3v) is 10.4. The zero-order valence-electron chi connectivity index (χ0n) is 30.1. The predicted molar refractivity (Wildman–Crippen MR) is 213 cm³/mol. The summed E-state index contributed by atoms with van der Waals surface area (Å²) in [7, 11) is 3.24. The van der Waals surface area contributed by atoms with Crippen molar-refractivity contribution >= 4 is 56.7 Å². The SMILES string of the molecule is COCCOc1ccc2c(c1)ncn2-c1nc(-c2ccccc2)c(C(=O)O)s1.COCCOc1ccc2ncn(-c3nc(-c4ccccc4)c(C(=O)O)s3)c2c1. The van der Waals surface area contributed by atoms with Crippen molar-refractivity contribution in [2.24, 2.45) is 0 Å². The highest BCUT2D eigenvalue weighted by atomic mass is 32.1. The summed E-state index contributed by atoms with van der Waals surface area (Å²) in [5.74, 6) is -0.619. The van der Waals surface area contributed by atoms with Gasteiger partial charge in [-0.1, -0.05) is 83.3 Å². The topological polar surface area (TPSA) is 173 Å². The highest BCUT2D eigenvalue weighted by molar-refractivity contribution is 7.16. The van der Waals surface area contributed by atoms with Crippen LogP contribution in [-0.2, 0) is 9.47 Å². The molecule has 0 radical (unpaired) electrons. The van der Waals surface area contributed by atoms with E-state index in [1.165, 1.54) is 0 Å². The Morgan fingerprint density at radius 1 is 0.589 bits per heavy atom. The first-order valence-corrected chi connectivity index (χ1v) is 18.8. The summed E-state index contributed by atoms with van der Waals surface area (Å²) in [4.78, 5) is 41.9. The molecule has 0 saturated carbocycles. The number of aromatic nitrogens is 6. The lowest BCUT2D eigenvalue weighted by molar-refractivity contribution is 0.0691. The van der Waals surface area contributed by atoms with E-state index in [-0.39, 0.29) is 9.75 Å².